The zero-order valence-corrected chi connectivity index (χ0v) is 19.4. The van der Waals surface area contributed by atoms with Gasteiger partial charge in [-0.1, -0.05) is 50.0 Å². The molecule has 0 spiro atoms. The number of halogens is 2. The van der Waals surface area contributed by atoms with Gasteiger partial charge in [0.15, 0.2) is 0 Å². The normalized spacial score (nSPS) is 16.3. The summed E-state index contributed by atoms with van der Waals surface area (Å²) >= 11 is 12.2. The lowest BCUT2D eigenvalue weighted by Crippen LogP contribution is -2.23. The average Bonchev–Trinajstić information content (AvgIpc) is 2.61. The number of carbonyl (C=O) groups excluding carboxylic acids is 1. The minimum Gasteiger partial charge on any atom is -0.378 e. The summed E-state index contributed by atoms with van der Waals surface area (Å²) in [5.41, 5.74) is 6.84. The van der Waals surface area contributed by atoms with E-state index in [1.807, 2.05) is 18.2 Å². The highest BCUT2D eigenvalue weighted by molar-refractivity contribution is 6.42. The van der Waals surface area contributed by atoms with E-state index in [0.717, 1.165) is 36.2 Å². The quantitative estimate of drug-likeness (QED) is 0.525. The van der Waals surface area contributed by atoms with Crippen LogP contribution in [0.15, 0.2) is 24.3 Å². The largest absolute Gasteiger partial charge is 0.378 e. The van der Waals surface area contributed by atoms with Crippen molar-refractivity contribution in [1.29, 1.82) is 0 Å². The van der Waals surface area contributed by atoms with E-state index in [1.165, 1.54) is 16.7 Å². The highest BCUT2D eigenvalue weighted by atomic mass is 35.5. The van der Waals surface area contributed by atoms with Crippen molar-refractivity contribution >= 4 is 40.5 Å². The number of amides is 1. The van der Waals surface area contributed by atoms with Gasteiger partial charge < -0.3 is 10.6 Å². The molecule has 0 radical (unpaired) electrons. The van der Waals surface area contributed by atoms with Crippen molar-refractivity contribution in [3.05, 3.63) is 56.6 Å². The number of fused-ring (bicyclic) bond motifs is 1. The van der Waals surface area contributed by atoms with Crippen LogP contribution in [-0.2, 0) is 11.2 Å². The summed E-state index contributed by atoms with van der Waals surface area (Å²) in [5.74, 6) is 0.0740. The Kier molecular flexibility index (Phi) is 6.50. The van der Waals surface area contributed by atoms with E-state index in [4.69, 9.17) is 23.2 Å². The van der Waals surface area contributed by atoms with Crippen molar-refractivity contribution in [2.75, 3.05) is 10.6 Å². The third-order valence-electron chi connectivity index (χ3n) is 5.45. The number of hydrogen-bond acceptors (Lipinski definition) is 2. The van der Waals surface area contributed by atoms with Crippen molar-refractivity contribution in [1.82, 2.24) is 0 Å². The number of nitrogens with one attached hydrogen (secondary N) is 2. The number of benzene rings is 2. The molecule has 2 N–H and O–H groups in total. The Hall–Kier alpha value is -1.71. The molecule has 29 heavy (non-hydrogen) atoms. The number of hydrogen-bond donors (Lipinski definition) is 2. The lowest BCUT2D eigenvalue weighted by molar-refractivity contribution is -0.117. The van der Waals surface area contributed by atoms with E-state index >= 15 is 0 Å². The molecule has 5 heteroatoms. The molecule has 0 heterocycles. The topological polar surface area (TPSA) is 41.1 Å². The van der Waals surface area contributed by atoms with Crippen LogP contribution in [0.5, 0.6) is 0 Å². The van der Waals surface area contributed by atoms with Crippen LogP contribution in [0.3, 0.4) is 0 Å². The highest BCUT2D eigenvalue weighted by Gasteiger charge is 2.25. The fourth-order valence-corrected chi connectivity index (χ4v) is 4.43. The summed E-state index contributed by atoms with van der Waals surface area (Å²) in [4.78, 5) is 12.5. The van der Waals surface area contributed by atoms with Crippen LogP contribution in [-0.4, -0.2) is 5.91 Å². The van der Waals surface area contributed by atoms with E-state index in [1.54, 1.807) is 0 Å². The zero-order valence-electron chi connectivity index (χ0n) is 17.9. The summed E-state index contributed by atoms with van der Waals surface area (Å²) < 4.78 is 0. The maximum absolute atomic E-state index is 12.5. The van der Waals surface area contributed by atoms with Gasteiger partial charge in [-0.15, -0.1) is 0 Å². The molecule has 2 aromatic carbocycles. The molecular weight excluding hydrogens is 403 g/mol. The Morgan fingerprint density at radius 2 is 1.86 bits per heavy atom. The van der Waals surface area contributed by atoms with Gasteiger partial charge in [0.05, 0.1) is 16.1 Å². The monoisotopic (exact) mass is 432 g/mol. The molecule has 1 atom stereocenters. The van der Waals surface area contributed by atoms with Crippen molar-refractivity contribution in [3.8, 4) is 0 Å². The zero-order chi connectivity index (χ0) is 21.3. The molecule has 1 aliphatic rings. The first-order valence-electron chi connectivity index (χ1n) is 10.2. The minimum absolute atomic E-state index is 0.0328. The molecular formula is C24H30Cl2N2O. The third-order valence-corrected chi connectivity index (χ3v) is 6.19. The van der Waals surface area contributed by atoms with Crippen LogP contribution in [0.4, 0.5) is 11.4 Å². The van der Waals surface area contributed by atoms with Crippen molar-refractivity contribution in [3.63, 3.8) is 0 Å². The number of rotatable bonds is 4. The van der Waals surface area contributed by atoms with Gasteiger partial charge in [-0.25, -0.2) is 0 Å². The third kappa shape index (κ3) is 5.26. The Bertz CT molecular complexity index is 931. The first-order valence-corrected chi connectivity index (χ1v) is 10.9. The van der Waals surface area contributed by atoms with E-state index in [9.17, 15) is 4.79 Å². The summed E-state index contributed by atoms with van der Waals surface area (Å²) in [5, 5.41) is 7.90. The summed E-state index contributed by atoms with van der Waals surface area (Å²) in [6.07, 6.45) is 3.70. The second-order valence-electron chi connectivity index (χ2n) is 9.26. The van der Waals surface area contributed by atoms with Crippen LogP contribution in [0.25, 0.3) is 0 Å². The molecule has 0 aromatic heterocycles. The van der Waals surface area contributed by atoms with E-state index in [2.05, 4.69) is 51.3 Å². The fraction of sp³-hybridized carbons (Fsp3) is 0.458. The van der Waals surface area contributed by atoms with Crippen molar-refractivity contribution in [2.45, 2.75) is 66.3 Å². The molecule has 3 rings (SSSR count). The number of carbonyl (C=O) groups is 1. The van der Waals surface area contributed by atoms with Crippen LogP contribution < -0.4 is 10.6 Å². The van der Waals surface area contributed by atoms with E-state index in [-0.39, 0.29) is 17.4 Å². The molecule has 0 saturated carbocycles. The van der Waals surface area contributed by atoms with Crippen LogP contribution in [0.2, 0.25) is 10.0 Å². The fourth-order valence-electron chi connectivity index (χ4n) is 4.13. The molecule has 1 aliphatic carbocycles. The molecule has 0 aliphatic heterocycles. The van der Waals surface area contributed by atoms with Gasteiger partial charge in [-0.3, -0.25) is 4.79 Å². The van der Waals surface area contributed by atoms with Gasteiger partial charge in [-0.2, -0.15) is 0 Å². The molecule has 156 valence electrons. The first-order chi connectivity index (χ1) is 13.5. The van der Waals surface area contributed by atoms with Gasteiger partial charge in [0.2, 0.25) is 5.91 Å². The van der Waals surface area contributed by atoms with Crippen LogP contribution in [0.1, 0.15) is 68.3 Å². The van der Waals surface area contributed by atoms with Crippen LogP contribution >= 0.6 is 23.2 Å². The standard InChI is InChI=1S/C24H30Cl2N2O/c1-14-11-18-17(15(2)23(14)28-22(29)13-24(3,4)5)7-6-8-21(18)27-16-9-10-19(25)20(26)12-16/h9-12,21,27H,6-8,13H2,1-5H3,(H,28,29). The molecule has 3 nitrogen and oxygen atoms in total. The summed E-state index contributed by atoms with van der Waals surface area (Å²) in [7, 11) is 0. The predicted octanol–water partition coefficient (Wildman–Crippen LogP) is 7.47. The second kappa shape index (κ2) is 8.57. The maximum Gasteiger partial charge on any atom is 0.224 e. The molecule has 0 bridgehead atoms. The van der Waals surface area contributed by atoms with Crippen LogP contribution in [0, 0.1) is 19.3 Å². The van der Waals surface area contributed by atoms with E-state index in [0.29, 0.717) is 16.5 Å². The molecule has 2 aromatic rings. The molecule has 1 amide bonds. The van der Waals surface area contributed by atoms with Gasteiger partial charge in [0.25, 0.3) is 0 Å². The lowest BCUT2D eigenvalue weighted by atomic mass is 9.83. The Morgan fingerprint density at radius 1 is 1.14 bits per heavy atom. The molecule has 1 unspecified atom stereocenters. The number of anilines is 2. The molecule has 0 saturated heterocycles. The Morgan fingerprint density at radius 3 is 2.52 bits per heavy atom. The second-order valence-corrected chi connectivity index (χ2v) is 10.1. The number of aryl methyl sites for hydroxylation is 1. The van der Waals surface area contributed by atoms with Gasteiger partial charge in [-0.05, 0) is 79.0 Å². The Balaban J connectivity index is 1.88. The first kappa shape index (κ1) is 22.0. The molecule has 0 fully saturated rings. The predicted molar refractivity (Wildman–Crippen MR) is 124 cm³/mol. The minimum atomic E-state index is -0.0328. The lowest BCUT2D eigenvalue weighted by Gasteiger charge is -2.31. The average molecular weight is 433 g/mol. The Labute approximate surface area is 184 Å². The maximum atomic E-state index is 12.5. The SMILES string of the molecule is Cc1cc2c(c(C)c1NC(=O)CC(C)(C)C)CCCC2Nc1ccc(Cl)c(Cl)c1. The summed E-state index contributed by atoms with van der Waals surface area (Å²) in [6, 6.07) is 8.10. The van der Waals surface area contributed by atoms with Crippen molar-refractivity contribution in [2.24, 2.45) is 5.41 Å². The smallest absolute Gasteiger partial charge is 0.224 e. The highest BCUT2D eigenvalue weighted by Crippen LogP contribution is 2.39. The van der Waals surface area contributed by atoms with Gasteiger partial charge >= 0.3 is 0 Å². The van der Waals surface area contributed by atoms with Gasteiger partial charge in [0, 0.05) is 17.8 Å². The van der Waals surface area contributed by atoms with Crippen molar-refractivity contribution < 1.29 is 4.79 Å². The van der Waals surface area contributed by atoms with Gasteiger partial charge in [0.1, 0.15) is 0 Å². The van der Waals surface area contributed by atoms with E-state index < -0.39 is 0 Å². The summed E-state index contributed by atoms with van der Waals surface area (Å²) in [6.45, 7) is 10.4.